The van der Waals surface area contributed by atoms with E-state index in [-0.39, 0.29) is 11.9 Å². The van der Waals surface area contributed by atoms with Gasteiger partial charge in [-0.3, -0.25) is 4.79 Å². The van der Waals surface area contributed by atoms with E-state index in [9.17, 15) is 4.79 Å². The highest BCUT2D eigenvalue weighted by atomic mass is 16.2. The monoisotopic (exact) mass is 281 g/mol. The third-order valence-electron chi connectivity index (χ3n) is 3.72. The van der Waals surface area contributed by atoms with Crippen molar-refractivity contribution in [2.45, 2.75) is 12.5 Å². The van der Waals surface area contributed by atoms with E-state index < -0.39 is 0 Å². The summed E-state index contributed by atoms with van der Waals surface area (Å²) in [4.78, 5) is 14.4. The molecule has 0 spiro atoms. The first kappa shape index (κ1) is 13.5. The normalized spacial score (nSPS) is 16.0. The van der Waals surface area contributed by atoms with E-state index in [1.54, 1.807) is 0 Å². The zero-order chi connectivity index (χ0) is 14.8. The van der Waals surface area contributed by atoms with E-state index in [4.69, 9.17) is 0 Å². The summed E-state index contributed by atoms with van der Waals surface area (Å²) in [6, 6.07) is 15.7. The number of nitrogens with zero attached hydrogens (tertiary/aromatic N) is 1. The van der Waals surface area contributed by atoms with Crippen LogP contribution in [-0.4, -0.2) is 26.0 Å². The zero-order valence-electron chi connectivity index (χ0n) is 12.3. The van der Waals surface area contributed by atoms with Crippen molar-refractivity contribution in [3.05, 3.63) is 54.1 Å². The number of benzene rings is 2. The Balaban J connectivity index is 1.69. The Bertz CT molecular complexity index is 642. The van der Waals surface area contributed by atoms with Crippen molar-refractivity contribution < 1.29 is 4.79 Å². The van der Waals surface area contributed by atoms with Crippen LogP contribution in [0.3, 0.4) is 0 Å². The molecule has 4 heteroatoms. The molecule has 0 saturated heterocycles. The molecule has 1 aliphatic rings. The summed E-state index contributed by atoms with van der Waals surface area (Å²) in [6.45, 7) is 0. The van der Waals surface area contributed by atoms with Crippen LogP contribution in [0.5, 0.6) is 0 Å². The molecule has 3 rings (SSSR count). The molecule has 1 heterocycles. The maximum atomic E-state index is 12.4. The number of anilines is 3. The molecule has 1 amide bonds. The van der Waals surface area contributed by atoms with Crippen LogP contribution in [0, 0.1) is 0 Å². The molecule has 1 atom stereocenters. The van der Waals surface area contributed by atoms with Gasteiger partial charge < -0.3 is 15.5 Å². The topological polar surface area (TPSA) is 44.4 Å². The Morgan fingerprint density at radius 2 is 2.00 bits per heavy atom. The van der Waals surface area contributed by atoms with Crippen molar-refractivity contribution in [1.29, 1.82) is 0 Å². The summed E-state index contributed by atoms with van der Waals surface area (Å²) < 4.78 is 0. The van der Waals surface area contributed by atoms with Gasteiger partial charge in [-0.05, 0) is 29.8 Å². The molecule has 0 aliphatic carbocycles. The molecule has 0 radical (unpaired) electrons. The lowest BCUT2D eigenvalue weighted by Crippen LogP contribution is -2.32. The highest BCUT2D eigenvalue weighted by molar-refractivity contribution is 5.98. The van der Waals surface area contributed by atoms with E-state index in [0.29, 0.717) is 0 Å². The van der Waals surface area contributed by atoms with Gasteiger partial charge in [0.1, 0.15) is 6.04 Å². The number of carbonyl (C=O) groups is 1. The Hall–Kier alpha value is -2.49. The summed E-state index contributed by atoms with van der Waals surface area (Å²) in [5.74, 6) is 0.00195. The number of hydrogen-bond acceptors (Lipinski definition) is 3. The van der Waals surface area contributed by atoms with Gasteiger partial charge in [0, 0.05) is 37.6 Å². The maximum Gasteiger partial charge on any atom is 0.247 e. The predicted octanol–water partition coefficient (Wildman–Crippen LogP) is 2.73. The molecule has 0 bridgehead atoms. The largest absolute Gasteiger partial charge is 0.378 e. The molecule has 2 aromatic carbocycles. The first-order chi connectivity index (χ1) is 10.1. The minimum atomic E-state index is -0.203. The minimum absolute atomic E-state index is 0.00195. The first-order valence-corrected chi connectivity index (χ1v) is 7.06. The van der Waals surface area contributed by atoms with E-state index >= 15 is 0 Å². The maximum absolute atomic E-state index is 12.4. The summed E-state index contributed by atoms with van der Waals surface area (Å²) in [6.07, 6.45) is 0.732. The van der Waals surface area contributed by atoms with Crippen molar-refractivity contribution in [2.24, 2.45) is 0 Å². The molecule has 4 nitrogen and oxygen atoms in total. The number of fused-ring (bicyclic) bond motifs is 1. The third-order valence-corrected chi connectivity index (χ3v) is 3.72. The Labute approximate surface area is 124 Å². The average Bonchev–Trinajstić information content (AvgIpc) is 2.91. The van der Waals surface area contributed by atoms with Gasteiger partial charge in [0.25, 0.3) is 0 Å². The van der Waals surface area contributed by atoms with E-state index in [1.165, 1.54) is 5.56 Å². The van der Waals surface area contributed by atoms with Crippen molar-refractivity contribution in [3.8, 4) is 0 Å². The van der Waals surface area contributed by atoms with E-state index in [1.807, 2.05) is 61.5 Å². The Morgan fingerprint density at radius 3 is 2.76 bits per heavy atom. The number of carbonyl (C=O) groups excluding carboxylic acids is 1. The number of hydrogen-bond donors (Lipinski definition) is 2. The van der Waals surface area contributed by atoms with Gasteiger partial charge in [-0.1, -0.05) is 24.3 Å². The molecule has 0 aromatic heterocycles. The van der Waals surface area contributed by atoms with Crippen molar-refractivity contribution in [1.82, 2.24) is 0 Å². The van der Waals surface area contributed by atoms with Crippen LogP contribution in [0.25, 0.3) is 0 Å². The molecule has 1 unspecified atom stereocenters. The second-order valence-electron chi connectivity index (χ2n) is 5.49. The molecule has 21 heavy (non-hydrogen) atoms. The fourth-order valence-electron chi connectivity index (χ4n) is 2.55. The molecule has 0 fully saturated rings. The van der Waals surface area contributed by atoms with Crippen molar-refractivity contribution in [2.75, 3.05) is 29.6 Å². The summed E-state index contributed by atoms with van der Waals surface area (Å²) >= 11 is 0. The summed E-state index contributed by atoms with van der Waals surface area (Å²) in [5, 5.41) is 6.26. The van der Waals surface area contributed by atoms with E-state index in [2.05, 4.69) is 16.7 Å². The van der Waals surface area contributed by atoms with Crippen LogP contribution in [0.2, 0.25) is 0 Å². The van der Waals surface area contributed by atoms with Crippen LogP contribution >= 0.6 is 0 Å². The number of rotatable bonds is 3. The van der Waals surface area contributed by atoms with Gasteiger partial charge >= 0.3 is 0 Å². The third kappa shape index (κ3) is 2.84. The zero-order valence-corrected chi connectivity index (χ0v) is 12.3. The standard InChI is InChI=1S/C17H19N3O/c1-20(2)14-8-5-7-13(11-14)18-17(21)16-10-12-6-3-4-9-15(12)19-16/h3-9,11,16,19H,10H2,1-2H3,(H,18,21). The molecule has 2 N–H and O–H groups in total. The van der Waals surface area contributed by atoms with Gasteiger partial charge in [-0.2, -0.15) is 0 Å². The summed E-state index contributed by atoms with van der Waals surface area (Å²) in [5.41, 5.74) is 4.14. The molecule has 108 valence electrons. The number of nitrogens with one attached hydrogen (secondary N) is 2. The lowest BCUT2D eigenvalue weighted by molar-refractivity contribution is -0.116. The highest BCUT2D eigenvalue weighted by Crippen LogP contribution is 2.26. The fourth-order valence-corrected chi connectivity index (χ4v) is 2.55. The van der Waals surface area contributed by atoms with Crippen LogP contribution in [0.15, 0.2) is 48.5 Å². The van der Waals surface area contributed by atoms with Gasteiger partial charge in [0.2, 0.25) is 5.91 Å². The highest BCUT2D eigenvalue weighted by Gasteiger charge is 2.26. The SMILES string of the molecule is CN(C)c1cccc(NC(=O)C2Cc3ccccc3N2)c1. The average molecular weight is 281 g/mol. The van der Waals surface area contributed by atoms with Crippen LogP contribution in [0.4, 0.5) is 17.1 Å². The predicted molar refractivity (Wildman–Crippen MR) is 87.0 cm³/mol. The molecule has 2 aromatic rings. The second-order valence-corrected chi connectivity index (χ2v) is 5.49. The van der Waals surface area contributed by atoms with Gasteiger partial charge in [0.05, 0.1) is 0 Å². The fraction of sp³-hybridized carbons (Fsp3) is 0.235. The van der Waals surface area contributed by atoms with Gasteiger partial charge in [-0.15, -0.1) is 0 Å². The molecule has 1 aliphatic heterocycles. The molecular weight excluding hydrogens is 262 g/mol. The van der Waals surface area contributed by atoms with Crippen LogP contribution < -0.4 is 15.5 Å². The Morgan fingerprint density at radius 1 is 1.19 bits per heavy atom. The van der Waals surface area contributed by atoms with Crippen LogP contribution in [0.1, 0.15) is 5.56 Å². The van der Waals surface area contributed by atoms with Crippen molar-refractivity contribution in [3.63, 3.8) is 0 Å². The quantitative estimate of drug-likeness (QED) is 0.909. The number of para-hydroxylation sites is 1. The first-order valence-electron chi connectivity index (χ1n) is 7.06. The van der Waals surface area contributed by atoms with Crippen molar-refractivity contribution >= 4 is 23.0 Å². The van der Waals surface area contributed by atoms with Gasteiger partial charge in [-0.25, -0.2) is 0 Å². The van der Waals surface area contributed by atoms with Crippen LogP contribution in [-0.2, 0) is 11.2 Å². The lowest BCUT2D eigenvalue weighted by atomic mass is 10.1. The summed E-state index contributed by atoms with van der Waals surface area (Å²) in [7, 11) is 3.96. The van der Waals surface area contributed by atoms with E-state index in [0.717, 1.165) is 23.5 Å². The molecular formula is C17H19N3O. The Kier molecular flexibility index (Phi) is 3.52. The second kappa shape index (κ2) is 5.48. The molecule has 0 saturated carbocycles. The minimum Gasteiger partial charge on any atom is -0.378 e. The smallest absolute Gasteiger partial charge is 0.247 e. The van der Waals surface area contributed by atoms with Gasteiger partial charge in [0.15, 0.2) is 0 Å². The number of amides is 1. The lowest BCUT2D eigenvalue weighted by Gasteiger charge is -2.15.